The first-order valence-electron chi connectivity index (χ1n) is 6.02. The van der Waals surface area contributed by atoms with E-state index < -0.39 is 6.04 Å². The minimum Gasteiger partial charge on any atom is -0.359 e. The molecule has 2 N–H and O–H groups in total. The van der Waals surface area contributed by atoms with Crippen molar-refractivity contribution in [3.63, 3.8) is 0 Å². The zero-order valence-corrected chi connectivity index (χ0v) is 10.6. The summed E-state index contributed by atoms with van der Waals surface area (Å²) < 4.78 is 1.39. The third-order valence-corrected chi connectivity index (χ3v) is 3.06. The molecular weight excluding hydrogens is 258 g/mol. The highest BCUT2D eigenvalue weighted by Gasteiger charge is 2.17. The molecule has 0 spiro atoms. The topological polar surface area (TPSA) is 84.0 Å². The lowest BCUT2D eigenvalue weighted by Crippen LogP contribution is -2.25. The van der Waals surface area contributed by atoms with Crippen molar-refractivity contribution in [2.75, 3.05) is 7.05 Å². The third kappa shape index (κ3) is 2.96. The molecule has 1 amide bonds. The highest BCUT2D eigenvalue weighted by molar-refractivity contribution is 5.78. The van der Waals surface area contributed by atoms with Crippen LogP contribution in [-0.2, 0) is 9.59 Å². The van der Waals surface area contributed by atoms with E-state index in [1.54, 1.807) is 18.2 Å². The maximum absolute atomic E-state index is 11.9. The Kier molecular flexibility index (Phi) is 5.25. The van der Waals surface area contributed by atoms with E-state index >= 15 is 0 Å². The van der Waals surface area contributed by atoms with Crippen LogP contribution < -0.4 is 11.0 Å². The molecule has 0 radical (unpaired) electrons. The number of hydrogen-bond acceptors (Lipinski definition) is 3. The Morgan fingerprint density at radius 3 is 2.80 bits per heavy atom. The summed E-state index contributed by atoms with van der Waals surface area (Å²) in [6.07, 6.45) is 1.20. The molecule has 2 aromatic rings. The number of hydrogen-bond donors (Lipinski definition) is 2. The van der Waals surface area contributed by atoms with E-state index in [-0.39, 0.29) is 25.4 Å². The number of aldehydes is 1. The second-order valence-corrected chi connectivity index (χ2v) is 4.23. The number of fused-ring (bicyclic) bond motifs is 1. The van der Waals surface area contributed by atoms with Gasteiger partial charge in [0, 0.05) is 13.5 Å². The molecule has 20 heavy (non-hydrogen) atoms. The molecule has 0 bridgehead atoms. The molecule has 108 valence electrons. The van der Waals surface area contributed by atoms with E-state index in [2.05, 4.69) is 10.3 Å². The van der Waals surface area contributed by atoms with Gasteiger partial charge in [-0.1, -0.05) is 19.6 Å². The largest absolute Gasteiger partial charge is 0.359 e. The van der Waals surface area contributed by atoms with Crippen molar-refractivity contribution >= 4 is 23.2 Å². The van der Waals surface area contributed by atoms with Crippen LogP contribution in [-0.4, -0.2) is 28.8 Å². The fraction of sp³-hybridized carbons (Fsp3) is 0.357. The molecule has 0 saturated heterocycles. The van der Waals surface area contributed by atoms with E-state index in [0.717, 1.165) is 0 Å². The first-order valence-corrected chi connectivity index (χ1v) is 6.02. The highest BCUT2D eigenvalue weighted by Crippen LogP contribution is 2.16. The standard InChI is InChI=1S/C13H15N3O3.CH4/c1-14-12(18)7-6-9(8-17)16-11-5-3-2-4-10(11)15-13(16)19;/h2-5,8-9H,6-7H2,1H3,(H,14,18)(H,15,19);1H4. The highest BCUT2D eigenvalue weighted by atomic mass is 16.2. The van der Waals surface area contributed by atoms with Crippen LogP contribution in [0.1, 0.15) is 26.3 Å². The first-order chi connectivity index (χ1) is 9.17. The predicted octanol–water partition coefficient (Wildman–Crippen LogP) is 1.23. The van der Waals surface area contributed by atoms with Gasteiger partial charge in [0.1, 0.15) is 6.29 Å². The number of rotatable bonds is 5. The molecule has 1 aromatic heterocycles. The van der Waals surface area contributed by atoms with Crippen LogP contribution >= 0.6 is 0 Å². The van der Waals surface area contributed by atoms with Gasteiger partial charge in [-0.2, -0.15) is 0 Å². The maximum atomic E-state index is 11.9. The number of aromatic nitrogens is 2. The molecule has 0 aliphatic heterocycles. The number of amides is 1. The van der Waals surface area contributed by atoms with Gasteiger partial charge in [0.25, 0.3) is 0 Å². The van der Waals surface area contributed by atoms with Crippen LogP contribution in [0.25, 0.3) is 11.0 Å². The van der Waals surface area contributed by atoms with Gasteiger partial charge in [-0.3, -0.25) is 9.36 Å². The average Bonchev–Trinajstić information content (AvgIpc) is 2.76. The Balaban J connectivity index is 0.00000200. The number of carbonyl (C=O) groups is 2. The van der Waals surface area contributed by atoms with E-state index in [4.69, 9.17) is 0 Å². The molecular formula is C14H19N3O3. The SMILES string of the molecule is C.CNC(=O)CCC(C=O)n1c(=O)[nH]c2ccccc21. The van der Waals surface area contributed by atoms with Crippen LogP contribution in [0.2, 0.25) is 0 Å². The normalized spacial score (nSPS) is 11.7. The third-order valence-electron chi connectivity index (χ3n) is 3.06. The Morgan fingerprint density at radius 2 is 2.15 bits per heavy atom. The minimum atomic E-state index is -0.638. The van der Waals surface area contributed by atoms with Crippen LogP contribution in [0.4, 0.5) is 0 Å². The lowest BCUT2D eigenvalue weighted by molar-refractivity contribution is -0.121. The minimum absolute atomic E-state index is 0. The molecule has 1 atom stereocenters. The van der Waals surface area contributed by atoms with Gasteiger partial charge >= 0.3 is 5.69 Å². The number of nitrogens with one attached hydrogen (secondary N) is 2. The van der Waals surface area contributed by atoms with Crippen molar-refractivity contribution in [2.24, 2.45) is 0 Å². The number of imidazole rings is 1. The summed E-state index contributed by atoms with van der Waals surface area (Å²) in [7, 11) is 1.54. The molecule has 1 aromatic carbocycles. The molecule has 0 saturated carbocycles. The van der Waals surface area contributed by atoms with Gasteiger partial charge in [-0.25, -0.2) is 4.79 Å². The number of benzene rings is 1. The summed E-state index contributed by atoms with van der Waals surface area (Å²) in [6, 6.07) is 6.51. The summed E-state index contributed by atoms with van der Waals surface area (Å²) in [5, 5.41) is 2.49. The fourth-order valence-electron chi connectivity index (χ4n) is 2.07. The van der Waals surface area contributed by atoms with Gasteiger partial charge in [0.05, 0.1) is 17.1 Å². The molecule has 6 heteroatoms. The molecule has 0 aliphatic carbocycles. The summed E-state index contributed by atoms with van der Waals surface area (Å²) in [5.41, 5.74) is 1.01. The lowest BCUT2D eigenvalue weighted by Gasteiger charge is -2.11. The van der Waals surface area contributed by atoms with Crippen LogP contribution in [0.15, 0.2) is 29.1 Å². The van der Waals surface area contributed by atoms with Crippen LogP contribution in [0, 0.1) is 0 Å². The van der Waals surface area contributed by atoms with Gasteiger partial charge in [0.2, 0.25) is 5.91 Å². The van der Waals surface area contributed by atoms with Gasteiger partial charge < -0.3 is 15.1 Å². The smallest absolute Gasteiger partial charge is 0.327 e. The Morgan fingerprint density at radius 1 is 1.45 bits per heavy atom. The van der Waals surface area contributed by atoms with Crippen molar-refractivity contribution < 1.29 is 9.59 Å². The first kappa shape index (κ1) is 15.7. The average molecular weight is 277 g/mol. The van der Waals surface area contributed by atoms with Crippen molar-refractivity contribution in [3.8, 4) is 0 Å². The van der Waals surface area contributed by atoms with Crippen LogP contribution in [0.3, 0.4) is 0 Å². The van der Waals surface area contributed by atoms with Gasteiger partial charge in [-0.05, 0) is 18.6 Å². The summed E-state index contributed by atoms with van der Waals surface area (Å²) in [4.78, 5) is 37.0. The number of nitrogens with zero attached hydrogens (tertiary/aromatic N) is 1. The van der Waals surface area contributed by atoms with E-state index in [1.807, 2.05) is 6.07 Å². The summed E-state index contributed by atoms with van der Waals surface area (Å²) >= 11 is 0. The van der Waals surface area contributed by atoms with Crippen molar-refractivity contribution in [1.82, 2.24) is 14.9 Å². The maximum Gasteiger partial charge on any atom is 0.327 e. The molecule has 2 rings (SSSR count). The summed E-state index contributed by atoms with van der Waals surface area (Å²) in [5.74, 6) is -0.153. The van der Waals surface area contributed by atoms with Crippen molar-refractivity contribution in [2.45, 2.75) is 26.3 Å². The number of aromatic amines is 1. The predicted molar refractivity (Wildman–Crippen MR) is 77.7 cm³/mol. The second-order valence-electron chi connectivity index (χ2n) is 4.23. The van der Waals surface area contributed by atoms with Crippen LogP contribution in [0.5, 0.6) is 0 Å². The molecule has 6 nitrogen and oxygen atoms in total. The quantitative estimate of drug-likeness (QED) is 0.806. The van der Waals surface area contributed by atoms with Crippen molar-refractivity contribution in [1.29, 1.82) is 0 Å². The Bertz CT molecular complexity index is 657. The number of para-hydroxylation sites is 2. The molecule has 0 aliphatic rings. The van der Waals surface area contributed by atoms with Gasteiger partial charge in [0.15, 0.2) is 0 Å². The monoisotopic (exact) mass is 277 g/mol. The zero-order valence-electron chi connectivity index (χ0n) is 10.6. The summed E-state index contributed by atoms with van der Waals surface area (Å²) in [6.45, 7) is 0. The second kappa shape index (κ2) is 6.70. The van der Waals surface area contributed by atoms with E-state index in [0.29, 0.717) is 23.7 Å². The number of carbonyl (C=O) groups excluding carboxylic acids is 2. The Labute approximate surface area is 116 Å². The molecule has 1 heterocycles. The number of H-pyrrole nitrogens is 1. The Hall–Kier alpha value is -2.37. The fourth-order valence-corrected chi connectivity index (χ4v) is 2.07. The zero-order chi connectivity index (χ0) is 13.8. The van der Waals surface area contributed by atoms with E-state index in [1.165, 1.54) is 11.6 Å². The van der Waals surface area contributed by atoms with Gasteiger partial charge in [-0.15, -0.1) is 0 Å². The lowest BCUT2D eigenvalue weighted by atomic mass is 10.1. The molecule has 0 fully saturated rings. The van der Waals surface area contributed by atoms with E-state index in [9.17, 15) is 14.4 Å². The van der Waals surface area contributed by atoms with Crippen molar-refractivity contribution in [3.05, 3.63) is 34.7 Å². The molecule has 1 unspecified atom stereocenters.